The molecule has 1 saturated heterocycles. The minimum atomic E-state index is -0.687. The zero-order chi connectivity index (χ0) is 18.7. The summed E-state index contributed by atoms with van der Waals surface area (Å²) in [5, 5.41) is 4.86. The average molecular weight is 360 g/mol. The number of imide groups is 1. The number of nitrogens with zero attached hydrogens (tertiary/aromatic N) is 1. The Bertz CT molecular complexity index is 764. The van der Waals surface area contributed by atoms with Crippen molar-refractivity contribution in [3.8, 4) is 5.75 Å². The Kier molecular flexibility index (Phi) is 5.17. The molecule has 2 aliphatic rings. The third-order valence-electron chi connectivity index (χ3n) is 4.36. The summed E-state index contributed by atoms with van der Waals surface area (Å²) in [6, 6.07) is 4.31. The molecule has 1 fully saturated rings. The number of ether oxygens (including phenoxy) is 1. The zero-order valence-corrected chi connectivity index (χ0v) is 14.1. The lowest BCUT2D eigenvalue weighted by molar-refractivity contribution is -0.137. The number of amides is 4. The SMILES string of the molecule is NCCNC(=O)COc1cccc2c1CN(C1CCC(=O)NC1=O)C2=O. The lowest BCUT2D eigenvalue weighted by Gasteiger charge is -2.29. The molecule has 1 unspecified atom stereocenters. The molecule has 2 aliphatic heterocycles. The summed E-state index contributed by atoms with van der Waals surface area (Å²) in [6.45, 7) is 0.697. The van der Waals surface area contributed by atoms with Crippen molar-refractivity contribution < 1.29 is 23.9 Å². The summed E-state index contributed by atoms with van der Waals surface area (Å²) in [5.41, 5.74) is 6.40. The summed E-state index contributed by atoms with van der Waals surface area (Å²) >= 11 is 0. The van der Waals surface area contributed by atoms with Crippen LogP contribution < -0.4 is 21.1 Å². The van der Waals surface area contributed by atoms with Crippen LogP contribution in [0.15, 0.2) is 18.2 Å². The fourth-order valence-electron chi connectivity index (χ4n) is 3.10. The van der Waals surface area contributed by atoms with Crippen molar-refractivity contribution in [2.75, 3.05) is 19.7 Å². The third-order valence-corrected chi connectivity index (χ3v) is 4.36. The lowest BCUT2D eigenvalue weighted by Crippen LogP contribution is -2.52. The predicted molar refractivity (Wildman–Crippen MR) is 90.0 cm³/mol. The summed E-state index contributed by atoms with van der Waals surface area (Å²) in [4.78, 5) is 49.2. The van der Waals surface area contributed by atoms with Gasteiger partial charge in [-0.25, -0.2) is 0 Å². The number of rotatable bonds is 6. The van der Waals surface area contributed by atoms with Gasteiger partial charge in [0.2, 0.25) is 11.8 Å². The van der Waals surface area contributed by atoms with Crippen LogP contribution in [0.5, 0.6) is 5.75 Å². The van der Waals surface area contributed by atoms with Crippen LogP contribution in [0.1, 0.15) is 28.8 Å². The van der Waals surface area contributed by atoms with E-state index in [1.807, 2.05) is 0 Å². The normalized spacial score (nSPS) is 19.2. The van der Waals surface area contributed by atoms with Crippen molar-refractivity contribution in [2.45, 2.75) is 25.4 Å². The highest BCUT2D eigenvalue weighted by atomic mass is 16.5. The van der Waals surface area contributed by atoms with Crippen LogP contribution in [-0.2, 0) is 20.9 Å². The lowest BCUT2D eigenvalue weighted by atomic mass is 10.0. The molecule has 0 radical (unpaired) electrons. The largest absolute Gasteiger partial charge is 0.483 e. The Morgan fingerprint density at radius 3 is 2.88 bits per heavy atom. The van der Waals surface area contributed by atoms with Crippen LogP contribution in [0.4, 0.5) is 0 Å². The number of benzene rings is 1. The van der Waals surface area contributed by atoms with E-state index in [2.05, 4.69) is 10.6 Å². The van der Waals surface area contributed by atoms with Crippen molar-refractivity contribution >= 4 is 23.6 Å². The Labute approximate surface area is 149 Å². The number of fused-ring (bicyclic) bond motifs is 1. The first kappa shape index (κ1) is 17.9. The van der Waals surface area contributed by atoms with Crippen LogP contribution in [0.3, 0.4) is 0 Å². The van der Waals surface area contributed by atoms with Crippen molar-refractivity contribution in [1.29, 1.82) is 0 Å². The zero-order valence-electron chi connectivity index (χ0n) is 14.1. The average Bonchev–Trinajstić information content (AvgIpc) is 2.95. The van der Waals surface area contributed by atoms with Crippen molar-refractivity contribution in [1.82, 2.24) is 15.5 Å². The van der Waals surface area contributed by atoms with E-state index in [9.17, 15) is 19.2 Å². The summed E-state index contributed by atoms with van der Waals surface area (Å²) < 4.78 is 5.55. The molecule has 1 aromatic rings. The number of piperidine rings is 1. The molecule has 2 heterocycles. The van der Waals surface area contributed by atoms with E-state index in [1.165, 1.54) is 4.90 Å². The fourth-order valence-corrected chi connectivity index (χ4v) is 3.10. The second-order valence-electron chi connectivity index (χ2n) is 6.11. The second-order valence-corrected chi connectivity index (χ2v) is 6.11. The Balaban J connectivity index is 1.72. The number of nitrogens with two attached hydrogens (primary N) is 1. The van der Waals surface area contributed by atoms with Crippen molar-refractivity contribution in [2.24, 2.45) is 5.73 Å². The molecule has 1 atom stereocenters. The minimum absolute atomic E-state index is 0.191. The molecule has 3 rings (SSSR count). The van der Waals surface area contributed by atoms with Crippen molar-refractivity contribution in [3.05, 3.63) is 29.3 Å². The van der Waals surface area contributed by atoms with Gasteiger partial charge in [0, 0.05) is 30.6 Å². The highest BCUT2D eigenvalue weighted by molar-refractivity contribution is 6.05. The maximum Gasteiger partial charge on any atom is 0.257 e. The van der Waals surface area contributed by atoms with Gasteiger partial charge in [0.25, 0.3) is 11.8 Å². The molecule has 9 heteroatoms. The van der Waals surface area contributed by atoms with Crippen LogP contribution >= 0.6 is 0 Å². The molecular weight excluding hydrogens is 340 g/mol. The molecule has 0 bridgehead atoms. The fraction of sp³-hybridized carbons (Fsp3) is 0.412. The quantitative estimate of drug-likeness (QED) is 0.552. The van der Waals surface area contributed by atoms with E-state index in [1.54, 1.807) is 18.2 Å². The topological polar surface area (TPSA) is 131 Å². The number of hydrogen-bond donors (Lipinski definition) is 3. The standard InChI is InChI=1S/C17H20N4O5/c18-6-7-19-15(23)9-26-13-3-1-2-10-11(13)8-21(17(10)25)12-4-5-14(22)20-16(12)24/h1-3,12H,4-9,18H2,(H,19,23)(H,20,22,24). The van der Waals surface area contributed by atoms with E-state index in [0.29, 0.717) is 36.4 Å². The number of carbonyl (C=O) groups excluding carboxylic acids is 4. The Hall–Kier alpha value is -2.94. The van der Waals surface area contributed by atoms with Crippen LogP contribution in [0, 0.1) is 0 Å². The first-order chi connectivity index (χ1) is 12.5. The molecule has 138 valence electrons. The van der Waals surface area contributed by atoms with Gasteiger partial charge in [-0.3, -0.25) is 24.5 Å². The van der Waals surface area contributed by atoms with Gasteiger partial charge in [0.05, 0.1) is 6.54 Å². The van der Waals surface area contributed by atoms with Gasteiger partial charge >= 0.3 is 0 Å². The first-order valence-corrected chi connectivity index (χ1v) is 8.37. The van der Waals surface area contributed by atoms with E-state index in [-0.39, 0.29) is 37.3 Å². The predicted octanol–water partition coefficient (Wildman–Crippen LogP) is -1.10. The van der Waals surface area contributed by atoms with Crippen LogP contribution in [0.25, 0.3) is 0 Å². The van der Waals surface area contributed by atoms with Gasteiger partial charge < -0.3 is 20.7 Å². The molecule has 0 saturated carbocycles. The van der Waals surface area contributed by atoms with E-state index in [4.69, 9.17) is 10.5 Å². The molecule has 1 aromatic carbocycles. The maximum absolute atomic E-state index is 12.7. The molecule has 0 aliphatic carbocycles. The van der Waals surface area contributed by atoms with E-state index < -0.39 is 11.9 Å². The van der Waals surface area contributed by atoms with E-state index in [0.717, 1.165) is 0 Å². The number of carbonyl (C=O) groups is 4. The van der Waals surface area contributed by atoms with Gasteiger partial charge in [-0.1, -0.05) is 6.07 Å². The third kappa shape index (κ3) is 3.52. The Morgan fingerprint density at radius 1 is 1.35 bits per heavy atom. The molecule has 0 spiro atoms. The van der Waals surface area contributed by atoms with E-state index >= 15 is 0 Å². The smallest absolute Gasteiger partial charge is 0.257 e. The van der Waals surface area contributed by atoms with Crippen LogP contribution in [-0.4, -0.2) is 54.3 Å². The summed E-state index contributed by atoms with van der Waals surface area (Å²) in [7, 11) is 0. The molecular formula is C17H20N4O5. The molecule has 4 amide bonds. The van der Waals surface area contributed by atoms with Crippen molar-refractivity contribution in [3.63, 3.8) is 0 Å². The highest BCUT2D eigenvalue weighted by Crippen LogP contribution is 2.33. The summed E-state index contributed by atoms with van der Waals surface area (Å²) in [5.74, 6) is -0.963. The molecule has 0 aromatic heterocycles. The summed E-state index contributed by atoms with van der Waals surface area (Å²) in [6.07, 6.45) is 0.489. The first-order valence-electron chi connectivity index (χ1n) is 8.37. The maximum atomic E-state index is 12.7. The monoisotopic (exact) mass is 360 g/mol. The van der Waals surface area contributed by atoms with Gasteiger partial charge in [-0.15, -0.1) is 0 Å². The Morgan fingerprint density at radius 2 is 2.15 bits per heavy atom. The molecule has 9 nitrogen and oxygen atoms in total. The van der Waals surface area contributed by atoms with Crippen LogP contribution in [0.2, 0.25) is 0 Å². The van der Waals surface area contributed by atoms with Gasteiger partial charge in [-0.05, 0) is 18.6 Å². The molecule has 4 N–H and O–H groups in total. The van der Waals surface area contributed by atoms with Gasteiger partial charge in [0.1, 0.15) is 11.8 Å². The van der Waals surface area contributed by atoms with Gasteiger partial charge in [0.15, 0.2) is 6.61 Å². The molecule has 26 heavy (non-hydrogen) atoms. The number of hydrogen-bond acceptors (Lipinski definition) is 6. The van der Waals surface area contributed by atoms with Gasteiger partial charge in [-0.2, -0.15) is 0 Å². The second kappa shape index (κ2) is 7.52. The highest BCUT2D eigenvalue weighted by Gasteiger charge is 2.40. The number of nitrogens with one attached hydrogen (secondary N) is 2. The minimum Gasteiger partial charge on any atom is -0.483 e.